The number of carbonyl (C=O) groups excluding carboxylic acids is 1. The predicted molar refractivity (Wildman–Crippen MR) is 146 cm³/mol. The summed E-state index contributed by atoms with van der Waals surface area (Å²) in [6, 6.07) is 8.02. The molecule has 1 spiro atoms. The lowest BCUT2D eigenvalue weighted by atomic mass is 9.73. The number of hydrogen-bond donors (Lipinski definition) is 2. The van der Waals surface area contributed by atoms with E-state index >= 15 is 8.78 Å². The molecule has 3 aromatic rings. The minimum atomic E-state index is -2.84. The molecule has 2 aromatic heterocycles. The van der Waals surface area contributed by atoms with Gasteiger partial charge in [-0.2, -0.15) is 5.10 Å². The van der Waals surface area contributed by atoms with Crippen molar-refractivity contribution in [3.8, 4) is 11.4 Å². The number of aromatic nitrogens is 3. The molecule has 4 aliphatic rings. The number of ether oxygens (including phenoxy) is 1. The van der Waals surface area contributed by atoms with Crippen molar-refractivity contribution in [3.05, 3.63) is 35.5 Å². The van der Waals surface area contributed by atoms with Crippen molar-refractivity contribution in [3.63, 3.8) is 0 Å². The van der Waals surface area contributed by atoms with Crippen molar-refractivity contribution in [1.29, 1.82) is 0 Å². The molecule has 1 unspecified atom stereocenters. The summed E-state index contributed by atoms with van der Waals surface area (Å²) >= 11 is 0. The Balaban J connectivity index is 1.26. The van der Waals surface area contributed by atoms with Crippen molar-refractivity contribution in [2.24, 2.45) is 10.8 Å². The molecular weight excluding hydrogens is 500 g/mol. The number of fused-ring (bicyclic) bond motifs is 2. The number of halogens is 2. The zero-order valence-electron chi connectivity index (χ0n) is 22.8. The number of nitrogens with one attached hydrogen (secondary N) is 2. The zero-order valence-corrected chi connectivity index (χ0v) is 22.8. The highest BCUT2D eigenvalue weighted by atomic mass is 19.3. The number of piperidine rings is 1. The van der Waals surface area contributed by atoms with Gasteiger partial charge in [0.25, 0.3) is 5.92 Å². The Kier molecular flexibility index (Phi) is 5.73. The summed E-state index contributed by atoms with van der Waals surface area (Å²) in [4.78, 5) is 18.9. The van der Waals surface area contributed by atoms with E-state index in [-0.39, 0.29) is 30.4 Å². The van der Waals surface area contributed by atoms with Crippen LogP contribution in [0.3, 0.4) is 0 Å². The third-order valence-corrected chi connectivity index (χ3v) is 9.79. The summed E-state index contributed by atoms with van der Waals surface area (Å²) in [6.07, 6.45) is 5.24. The highest BCUT2D eigenvalue weighted by molar-refractivity contribution is 6.01. The molecule has 1 atom stereocenters. The van der Waals surface area contributed by atoms with Gasteiger partial charge in [-0.15, -0.1) is 0 Å². The normalized spacial score (nSPS) is 25.9. The average Bonchev–Trinajstić information content (AvgIpc) is 3.58. The molecule has 3 aliphatic heterocycles. The zero-order chi connectivity index (χ0) is 27.0. The first kappa shape index (κ1) is 25.2. The molecule has 1 aliphatic carbocycles. The lowest BCUT2D eigenvalue weighted by Gasteiger charge is -2.39. The molecule has 208 valence electrons. The lowest BCUT2D eigenvalue weighted by Crippen LogP contribution is -2.44. The molecule has 0 bridgehead atoms. The van der Waals surface area contributed by atoms with Gasteiger partial charge in [-0.1, -0.05) is 19.9 Å². The SMILES string of the molecule is CC1(C)Cc2c(c(-c3cc4ccc(N5CCC6(CCNCC6)C5=O)cc4[nH]3)nn2C2CCCCO2)CC1(F)F. The van der Waals surface area contributed by atoms with Crippen LogP contribution in [0.1, 0.15) is 69.9 Å². The van der Waals surface area contributed by atoms with Gasteiger partial charge in [0, 0.05) is 59.3 Å². The van der Waals surface area contributed by atoms with Gasteiger partial charge < -0.3 is 19.9 Å². The van der Waals surface area contributed by atoms with Crippen LogP contribution >= 0.6 is 0 Å². The van der Waals surface area contributed by atoms with Crippen LogP contribution in [0.2, 0.25) is 0 Å². The fraction of sp³-hybridized carbons (Fsp3) is 0.600. The number of aromatic amines is 1. The van der Waals surface area contributed by atoms with Crippen LogP contribution in [-0.4, -0.2) is 52.8 Å². The third kappa shape index (κ3) is 3.95. The maximum atomic E-state index is 15.3. The molecule has 1 amide bonds. The Bertz CT molecular complexity index is 1430. The summed E-state index contributed by atoms with van der Waals surface area (Å²) in [5.41, 5.74) is 3.14. The van der Waals surface area contributed by atoms with E-state index in [2.05, 4.69) is 10.3 Å². The first-order valence-corrected chi connectivity index (χ1v) is 14.4. The summed E-state index contributed by atoms with van der Waals surface area (Å²) in [6.45, 7) is 6.45. The summed E-state index contributed by atoms with van der Waals surface area (Å²) in [7, 11) is 0. The highest BCUT2D eigenvalue weighted by Gasteiger charge is 2.52. The number of benzene rings is 1. The van der Waals surface area contributed by atoms with Crippen molar-refractivity contribution >= 4 is 22.5 Å². The van der Waals surface area contributed by atoms with Gasteiger partial charge >= 0.3 is 0 Å². The molecule has 5 heterocycles. The molecule has 1 aromatic carbocycles. The summed E-state index contributed by atoms with van der Waals surface area (Å²) < 4.78 is 38.6. The maximum Gasteiger partial charge on any atom is 0.257 e. The van der Waals surface area contributed by atoms with Crippen LogP contribution in [0.15, 0.2) is 24.3 Å². The van der Waals surface area contributed by atoms with Crippen molar-refractivity contribution in [2.75, 3.05) is 31.1 Å². The van der Waals surface area contributed by atoms with E-state index in [1.807, 2.05) is 33.8 Å². The molecule has 3 fully saturated rings. The van der Waals surface area contributed by atoms with Gasteiger partial charge in [0.15, 0.2) is 0 Å². The smallest absolute Gasteiger partial charge is 0.257 e. The Hall–Kier alpha value is -2.78. The maximum absolute atomic E-state index is 15.3. The second-order valence-corrected chi connectivity index (χ2v) is 12.7. The quantitative estimate of drug-likeness (QED) is 0.456. The van der Waals surface area contributed by atoms with Crippen LogP contribution in [-0.2, 0) is 22.4 Å². The van der Waals surface area contributed by atoms with E-state index in [9.17, 15) is 4.79 Å². The fourth-order valence-corrected chi connectivity index (χ4v) is 7.10. The minimum Gasteiger partial charge on any atom is -0.357 e. The van der Waals surface area contributed by atoms with Crippen molar-refractivity contribution in [1.82, 2.24) is 20.1 Å². The third-order valence-electron chi connectivity index (χ3n) is 9.79. The number of H-pyrrole nitrogens is 1. The van der Waals surface area contributed by atoms with E-state index in [4.69, 9.17) is 9.84 Å². The predicted octanol–water partition coefficient (Wildman–Crippen LogP) is 5.60. The Morgan fingerprint density at radius 2 is 1.90 bits per heavy atom. The summed E-state index contributed by atoms with van der Waals surface area (Å²) in [5.74, 6) is -2.61. The number of nitrogens with zero attached hydrogens (tertiary/aromatic N) is 3. The second-order valence-electron chi connectivity index (χ2n) is 12.7. The number of alkyl halides is 2. The number of amides is 1. The van der Waals surface area contributed by atoms with Gasteiger partial charge in [-0.25, -0.2) is 13.5 Å². The fourth-order valence-electron chi connectivity index (χ4n) is 7.10. The van der Waals surface area contributed by atoms with Crippen LogP contribution < -0.4 is 10.2 Å². The van der Waals surface area contributed by atoms with Gasteiger partial charge in [0.05, 0.1) is 11.1 Å². The Labute approximate surface area is 227 Å². The largest absolute Gasteiger partial charge is 0.357 e. The molecule has 0 saturated carbocycles. The van der Waals surface area contributed by atoms with Gasteiger partial charge in [-0.3, -0.25) is 4.79 Å². The van der Waals surface area contributed by atoms with Crippen LogP contribution in [0.25, 0.3) is 22.3 Å². The Morgan fingerprint density at radius 3 is 2.67 bits per heavy atom. The molecule has 2 N–H and O–H groups in total. The van der Waals surface area contributed by atoms with Crippen molar-refractivity contribution in [2.45, 2.75) is 77.4 Å². The van der Waals surface area contributed by atoms with Gasteiger partial charge in [0.2, 0.25) is 5.91 Å². The molecule has 7 nitrogen and oxygen atoms in total. The van der Waals surface area contributed by atoms with E-state index in [1.54, 1.807) is 13.8 Å². The monoisotopic (exact) mass is 537 g/mol. The number of rotatable bonds is 3. The first-order valence-electron chi connectivity index (χ1n) is 14.4. The molecule has 0 radical (unpaired) electrons. The van der Waals surface area contributed by atoms with Gasteiger partial charge in [-0.05, 0) is 69.8 Å². The van der Waals surface area contributed by atoms with E-state index in [0.29, 0.717) is 17.9 Å². The first-order chi connectivity index (χ1) is 18.7. The molecular formula is C30H37F2N5O2. The topological polar surface area (TPSA) is 75.2 Å². The van der Waals surface area contributed by atoms with E-state index in [0.717, 1.165) is 86.1 Å². The lowest BCUT2D eigenvalue weighted by molar-refractivity contribution is -0.126. The van der Waals surface area contributed by atoms with Crippen molar-refractivity contribution < 1.29 is 18.3 Å². The molecule has 7 rings (SSSR count). The number of carbonyl (C=O) groups is 1. The van der Waals surface area contributed by atoms with Gasteiger partial charge in [0.1, 0.15) is 11.9 Å². The Morgan fingerprint density at radius 1 is 1.08 bits per heavy atom. The minimum absolute atomic E-state index is 0.219. The van der Waals surface area contributed by atoms with Crippen LogP contribution in [0.4, 0.5) is 14.5 Å². The van der Waals surface area contributed by atoms with Crippen LogP contribution in [0.5, 0.6) is 0 Å². The summed E-state index contributed by atoms with van der Waals surface area (Å²) in [5, 5.41) is 9.28. The molecule has 3 saturated heterocycles. The number of hydrogen-bond acceptors (Lipinski definition) is 4. The average molecular weight is 538 g/mol. The van der Waals surface area contributed by atoms with E-state index in [1.165, 1.54) is 0 Å². The second kappa shape index (κ2) is 8.86. The highest BCUT2D eigenvalue weighted by Crippen LogP contribution is 2.49. The van der Waals surface area contributed by atoms with E-state index < -0.39 is 11.3 Å². The molecule has 39 heavy (non-hydrogen) atoms. The molecule has 9 heteroatoms. The number of anilines is 1. The van der Waals surface area contributed by atoms with Crippen LogP contribution in [0, 0.1) is 10.8 Å². The standard InChI is InChI=1S/C30H37F2N5O2/c1-28(2)18-24-21(17-30(28,31)32)26(35-37(24)25-5-3-4-14-39-25)23-15-19-6-7-20(16-22(19)34-23)36-13-10-29(27(36)38)8-11-33-12-9-29/h6-7,15-16,25,33-34H,3-5,8-14,17-18H2,1-2H3.